The lowest BCUT2D eigenvalue weighted by Gasteiger charge is -2.45. The van der Waals surface area contributed by atoms with Gasteiger partial charge in [0.1, 0.15) is 0 Å². The number of fused-ring (bicyclic) bond motifs is 1. The zero-order valence-electron chi connectivity index (χ0n) is 11.7. The van der Waals surface area contributed by atoms with Crippen LogP contribution in [0.3, 0.4) is 0 Å². The van der Waals surface area contributed by atoms with Gasteiger partial charge in [0.05, 0.1) is 13.0 Å². The molecule has 0 bridgehead atoms. The van der Waals surface area contributed by atoms with Crippen LogP contribution in [-0.4, -0.2) is 60.6 Å². The van der Waals surface area contributed by atoms with Gasteiger partial charge in [0.15, 0.2) is 0 Å². The zero-order valence-corrected chi connectivity index (χ0v) is 11.7. The third-order valence-electron chi connectivity index (χ3n) is 4.26. The minimum Gasteiger partial charge on any atom is -0.466 e. The Kier molecular flexibility index (Phi) is 5.01. The van der Waals surface area contributed by atoms with Gasteiger partial charge in [-0.05, 0) is 33.2 Å². The van der Waals surface area contributed by atoms with Crippen molar-refractivity contribution in [3.8, 4) is 0 Å². The number of ether oxygens (including phenoxy) is 1. The molecule has 2 rings (SSSR count). The van der Waals surface area contributed by atoms with Gasteiger partial charge in [0.2, 0.25) is 0 Å². The molecule has 0 N–H and O–H groups in total. The Morgan fingerprint density at radius 2 is 2.17 bits per heavy atom. The Balaban J connectivity index is 1.80. The van der Waals surface area contributed by atoms with E-state index in [0.29, 0.717) is 19.1 Å². The van der Waals surface area contributed by atoms with Crippen LogP contribution in [0.2, 0.25) is 0 Å². The molecule has 2 saturated heterocycles. The highest BCUT2D eigenvalue weighted by molar-refractivity contribution is 5.70. The van der Waals surface area contributed by atoms with Crippen LogP contribution in [0.4, 0.5) is 0 Å². The second-order valence-electron chi connectivity index (χ2n) is 5.54. The first-order chi connectivity index (χ1) is 8.70. The highest BCUT2D eigenvalue weighted by Gasteiger charge is 2.31. The van der Waals surface area contributed by atoms with E-state index in [1.807, 2.05) is 6.92 Å². The van der Waals surface area contributed by atoms with Crippen LogP contribution in [0, 0.1) is 0 Å². The summed E-state index contributed by atoms with van der Waals surface area (Å²) in [5, 5.41) is 0. The second-order valence-corrected chi connectivity index (χ2v) is 5.54. The standard InChI is InChI=1S/C14H26N2O2/c1-3-18-14(17)10-12(2)16-9-8-15-7-5-4-6-13(15)11-16/h12-13H,3-11H2,1-2H3. The van der Waals surface area contributed by atoms with Crippen molar-refractivity contribution in [2.75, 3.05) is 32.8 Å². The Morgan fingerprint density at radius 3 is 2.94 bits per heavy atom. The molecular weight excluding hydrogens is 228 g/mol. The molecule has 0 aromatic heterocycles. The van der Waals surface area contributed by atoms with E-state index in [4.69, 9.17) is 4.74 Å². The van der Waals surface area contributed by atoms with Crippen molar-refractivity contribution in [1.29, 1.82) is 0 Å². The van der Waals surface area contributed by atoms with Crippen molar-refractivity contribution < 1.29 is 9.53 Å². The summed E-state index contributed by atoms with van der Waals surface area (Å²) in [5.41, 5.74) is 0. The molecule has 0 aromatic carbocycles. The topological polar surface area (TPSA) is 32.8 Å². The third kappa shape index (κ3) is 3.45. The number of carbonyl (C=O) groups is 1. The lowest BCUT2D eigenvalue weighted by Crippen LogP contribution is -2.56. The van der Waals surface area contributed by atoms with E-state index in [0.717, 1.165) is 25.7 Å². The first-order valence-electron chi connectivity index (χ1n) is 7.34. The molecule has 2 atom stereocenters. The first kappa shape index (κ1) is 13.8. The summed E-state index contributed by atoms with van der Waals surface area (Å²) in [5.74, 6) is -0.0592. The SMILES string of the molecule is CCOC(=O)CC(C)N1CCN2CCCCC2C1. The Labute approximate surface area is 110 Å². The number of hydrogen-bond donors (Lipinski definition) is 0. The fourth-order valence-corrected chi connectivity index (χ4v) is 3.17. The predicted octanol–water partition coefficient (Wildman–Crippen LogP) is 1.50. The zero-order chi connectivity index (χ0) is 13.0. The smallest absolute Gasteiger partial charge is 0.307 e. The van der Waals surface area contributed by atoms with E-state index in [9.17, 15) is 4.79 Å². The third-order valence-corrected chi connectivity index (χ3v) is 4.26. The average molecular weight is 254 g/mol. The van der Waals surface area contributed by atoms with Crippen LogP contribution in [-0.2, 0) is 9.53 Å². The molecule has 2 aliphatic rings. The number of piperidine rings is 1. The molecule has 4 nitrogen and oxygen atoms in total. The van der Waals surface area contributed by atoms with Crippen molar-refractivity contribution in [3.63, 3.8) is 0 Å². The summed E-state index contributed by atoms with van der Waals surface area (Å²) < 4.78 is 5.03. The summed E-state index contributed by atoms with van der Waals surface area (Å²) in [6, 6.07) is 1.03. The van der Waals surface area contributed by atoms with E-state index in [1.165, 1.54) is 25.8 Å². The van der Waals surface area contributed by atoms with Crippen molar-refractivity contribution in [2.45, 2.75) is 51.6 Å². The van der Waals surface area contributed by atoms with Gasteiger partial charge in [0, 0.05) is 31.7 Å². The van der Waals surface area contributed by atoms with E-state index in [-0.39, 0.29) is 5.97 Å². The van der Waals surface area contributed by atoms with Crippen LogP contribution < -0.4 is 0 Å². The van der Waals surface area contributed by atoms with E-state index in [2.05, 4.69) is 16.7 Å². The monoisotopic (exact) mass is 254 g/mol. The molecule has 4 heteroatoms. The van der Waals surface area contributed by atoms with Crippen molar-refractivity contribution in [2.24, 2.45) is 0 Å². The number of nitrogens with zero attached hydrogens (tertiary/aromatic N) is 2. The fourth-order valence-electron chi connectivity index (χ4n) is 3.17. The minimum atomic E-state index is -0.0592. The van der Waals surface area contributed by atoms with Gasteiger partial charge in [-0.15, -0.1) is 0 Å². The van der Waals surface area contributed by atoms with Crippen molar-refractivity contribution in [3.05, 3.63) is 0 Å². The molecule has 0 radical (unpaired) electrons. The number of piperazine rings is 1. The van der Waals surface area contributed by atoms with E-state index < -0.39 is 0 Å². The molecule has 0 aliphatic carbocycles. The Bertz CT molecular complexity index is 283. The second kappa shape index (κ2) is 6.53. The van der Waals surface area contributed by atoms with Gasteiger partial charge in [0.25, 0.3) is 0 Å². The number of rotatable bonds is 4. The molecule has 18 heavy (non-hydrogen) atoms. The van der Waals surface area contributed by atoms with Crippen LogP contribution in [0.15, 0.2) is 0 Å². The normalized spacial score (nSPS) is 27.6. The molecule has 2 heterocycles. The lowest BCUT2D eigenvalue weighted by atomic mass is 9.98. The van der Waals surface area contributed by atoms with Crippen LogP contribution in [0.1, 0.15) is 39.5 Å². The largest absolute Gasteiger partial charge is 0.466 e. The van der Waals surface area contributed by atoms with Crippen molar-refractivity contribution in [1.82, 2.24) is 9.80 Å². The number of carbonyl (C=O) groups excluding carboxylic acids is 1. The number of hydrogen-bond acceptors (Lipinski definition) is 4. The summed E-state index contributed by atoms with van der Waals surface area (Å²) in [6.07, 6.45) is 4.57. The maximum atomic E-state index is 11.5. The molecule has 2 fully saturated rings. The summed E-state index contributed by atoms with van der Waals surface area (Å²) in [7, 11) is 0. The maximum absolute atomic E-state index is 11.5. The molecule has 0 spiro atoms. The van der Waals surface area contributed by atoms with E-state index >= 15 is 0 Å². The molecule has 0 amide bonds. The maximum Gasteiger partial charge on any atom is 0.307 e. The molecule has 2 unspecified atom stereocenters. The Hall–Kier alpha value is -0.610. The summed E-state index contributed by atoms with van der Waals surface area (Å²) in [6.45, 7) is 9.15. The molecule has 0 saturated carbocycles. The van der Waals surface area contributed by atoms with Crippen LogP contribution in [0.25, 0.3) is 0 Å². The quantitative estimate of drug-likeness (QED) is 0.712. The van der Waals surface area contributed by atoms with Gasteiger partial charge in [-0.1, -0.05) is 6.42 Å². The highest BCUT2D eigenvalue weighted by Crippen LogP contribution is 2.22. The lowest BCUT2D eigenvalue weighted by molar-refractivity contribution is -0.144. The molecular formula is C14H26N2O2. The van der Waals surface area contributed by atoms with Crippen LogP contribution in [0.5, 0.6) is 0 Å². The fraction of sp³-hybridized carbons (Fsp3) is 0.929. The van der Waals surface area contributed by atoms with Gasteiger partial charge < -0.3 is 4.74 Å². The molecule has 0 aromatic rings. The molecule has 104 valence electrons. The van der Waals surface area contributed by atoms with Crippen molar-refractivity contribution >= 4 is 5.97 Å². The summed E-state index contributed by atoms with van der Waals surface area (Å²) in [4.78, 5) is 16.6. The predicted molar refractivity (Wildman–Crippen MR) is 71.5 cm³/mol. The van der Waals surface area contributed by atoms with Gasteiger partial charge in [-0.2, -0.15) is 0 Å². The van der Waals surface area contributed by atoms with Gasteiger partial charge in [-0.3, -0.25) is 14.6 Å². The molecule has 2 aliphatic heterocycles. The Morgan fingerprint density at radius 1 is 1.33 bits per heavy atom. The minimum absolute atomic E-state index is 0.0592. The first-order valence-corrected chi connectivity index (χ1v) is 7.34. The van der Waals surface area contributed by atoms with E-state index in [1.54, 1.807) is 0 Å². The van der Waals surface area contributed by atoms with Gasteiger partial charge in [-0.25, -0.2) is 0 Å². The summed E-state index contributed by atoms with van der Waals surface area (Å²) >= 11 is 0. The average Bonchev–Trinajstić information content (AvgIpc) is 2.38. The highest BCUT2D eigenvalue weighted by atomic mass is 16.5. The van der Waals surface area contributed by atoms with Gasteiger partial charge >= 0.3 is 5.97 Å². The van der Waals surface area contributed by atoms with Crippen LogP contribution >= 0.6 is 0 Å². The number of esters is 1.